The molecule has 34 heavy (non-hydrogen) atoms. The van der Waals surface area contributed by atoms with Crippen molar-refractivity contribution in [1.82, 2.24) is 19.9 Å². The van der Waals surface area contributed by atoms with Gasteiger partial charge >= 0.3 is 6.61 Å². The smallest absolute Gasteiger partial charge is 0.387 e. The van der Waals surface area contributed by atoms with Crippen molar-refractivity contribution < 1.29 is 26.7 Å². The molecule has 0 amide bonds. The largest absolute Gasteiger partial charge is 0.431 e. The van der Waals surface area contributed by atoms with Gasteiger partial charge in [-0.25, -0.2) is 23.1 Å². The van der Waals surface area contributed by atoms with E-state index in [1.165, 1.54) is 17.2 Å². The first-order chi connectivity index (χ1) is 16.2. The molecule has 184 valence electrons. The summed E-state index contributed by atoms with van der Waals surface area (Å²) in [4.78, 5) is 18.3. The predicted octanol–water partition coefficient (Wildman–Crippen LogP) is 2.80. The van der Waals surface area contributed by atoms with Crippen LogP contribution in [0.1, 0.15) is 12.8 Å². The number of hydrogen-bond donors (Lipinski definition) is 1. The van der Waals surface area contributed by atoms with E-state index in [2.05, 4.69) is 24.6 Å². The lowest BCUT2D eigenvalue weighted by Crippen LogP contribution is -2.59. The number of anilines is 3. The van der Waals surface area contributed by atoms with E-state index in [0.29, 0.717) is 49.7 Å². The van der Waals surface area contributed by atoms with Crippen molar-refractivity contribution in [2.24, 2.45) is 0 Å². The monoisotopic (exact) mass is 485 g/mol. The molecular weight excluding hydrogens is 461 g/mol. The van der Waals surface area contributed by atoms with Gasteiger partial charge in [-0.3, -0.25) is 4.90 Å². The second-order valence-electron chi connectivity index (χ2n) is 8.86. The number of nitrogens with zero attached hydrogens (tertiary/aromatic N) is 6. The van der Waals surface area contributed by atoms with E-state index < -0.39 is 25.3 Å². The van der Waals surface area contributed by atoms with Crippen molar-refractivity contribution >= 4 is 17.6 Å². The number of likely N-dealkylation sites (tertiary alicyclic amines) is 1. The lowest BCUT2D eigenvalue weighted by molar-refractivity contribution is -0.0494. The number of halogens is 5. The van der Waals surface area contributed by atoms with Gasteiger partial charge in [0, 0.05) is 63.0 Å². The average Bonchev–Trinajstić information content (AvgIpc) is 3.33. The van der Waals surface area contributed by atoms with Crippen LogP contribution < -0.4 is 20.3 Å². The van der Waals surface area contributed by atoms with Gasteiger partial charge in [-0.05, 0) is 12.5 Å². The quantitative estimate of drug-likeness (QED) is 0.626. The highest BCUT2D eigenvalue weighted by molar-refractivity contribution is 5.68. The van der Waals surface area contributed by atoms with Crippen LogP contribution in [0.5, 0.6) is 5.75 Å². The van der Waals surface area contributed by atoms with Crippen LogP contribution in [0.15, 0.2) is 18.3 Å². The van der Waals surface area contributed by atoms with Gasteiger partial charge in [0.05, 0.1) is 12.2 Å². The summed E-state index contributed by atoms with van der Waals surface area (Å²) in [5.41, 5.74) is 6.28. The molecule has 0 bridgehead atoms. The van der Waals surface area contributed by atoms with Crippen molar-refractivity contribution in [2.45, 2.75) is 37.6 Å². The summed E-state index contributed by atoms with van der Waals surface area (Å²) in [6.07, 6.45) is 0.754. The minimum absolute atomic E-state index is 0.0872. The Kier molecular flexibility index (Phi) is 5.82. The van der Waals surface area contributed by atoms with Crippen LogP contribution in [0.4, 0.5) is 39.5 Å². The minimum atomic E-state index is -3.09. The predicted molar refractivity (Wildman–Crippen MR) is 115 cm³/mol. The maximum Gasteiger partial charge on any atom is 0.387 e. The zero-order chi connectivity index (χ0) is 24.0. The maximum absolute atomic E-state index is 13.9. The second kappa shape index (κ2) is 8.67. The fourth-order valence-electron chi connectivity index (χ4n) is 4.51. The van der Waals surface area contributed by atoms with E-state index in [4.69, 9.17) is 5.73 Å². The third-order valence-electron chi connectivity index (χ3n) is 6.41. The number of alkyl halides is 5. The number of pyridine rings is 1. The van der Waals surface area contributed by atoms with Crippen LogP contribution in [-0.2, 0) is 0 Å². The number of rotatable bonds is 6. The molecule has 0 spiro atoms. The van der Waals surface area contributed by atoms with Crippen LogP contribution in [0.3, 0.4) is 0 Å². The van der Waals surface area contributed by atoms with E-state index in [0.717, 1.165) is 0 Å². The van der Waals surface area contributed by atoms with Crippen LogP contribution in [-0.4, -0.2) is 83.9 Å². The fourth-order valence-corrected chi connectivity index (χ4v) is 4.51. The molecule has 3 saturated heterocycles. The molecule has 5 heterocycles. The van der Waals surface area contributed by atoms with Gasteiger partial charge in [0.1, 0.15) is 12.0 Å². The Bertz CT molecular complexity index is 1050. The molecule has 0 aromatic carbocycles. The zero-order valence-electron chi connectivity index (χ0n) is 18.2. The molecule has 0 unspecified atom stereocenters. The topological polar surface area (TPSA) is 83.6 Å². The molecule has 0 saturated carbocycles. The molecule has 2 aromatic rings. The number of nitrogens with two attached hydrogens (primary N) is 1. The molecule has 2 N–H and O–H groups in total. The second-order valence-corrected chi connectivity index (χ2v) is 8.86. The molecule has 3 fully saturated rings. The summed E-state index contributed by atoms with van der Waals surface area (Å²) in [5, 5.41) is 0. The lowest BCUT2D eigenvalue weighted by atomic mass is 10.1. The Morgan fingerprint density at radius 2 is 1.88 bits per heavy atom. The molecule has 0 aliphatic carbocycles. The standard InChI is InChI=1S/C21H24F5N7O/c22-13-1-3-31(8-13)14-9-33(10-14)17-6-15(12-5-16(34-19(23)24)18(27)28-7-12)29-20(30-17)32-4-2-21(25,26)11-32/h5-7,13-14,19H,1-4,8-11H2,(H2,27,28)/t13-/m1/s1. The van der Waals surface area contributed by atoms with E-state index in [-0.39, 0.29) is 36.5 Å². The van der Waals surface area contributed by atoms with E-state index >= 15 is 0 Å². The van der Waals surface area contributed by atoms with Gasteiger partial charge in [-0.1, -0.05) is 0 Å². The molecule has 2 aromatic heterocycles. The van der Waals surface area contributed by atoms with Gasteiger partial charge < -0.3 is 20.3 Å². The highest BCUT2D eigenvalue weighted by atomic mass is 19.3. The summed E-state index contributed by atoms with van der Waals surface area (Å²) < 4.78 is 71.2. The van der Waals surface area contributed by atoms with Crippen LogP contribution in [0.2, 0.25) is 0 Å². The summed E-state index contributed by atoms with van der Waals surface area (Å²) in [6, 6.07) is 3.12. The minimum Gasteiger partial charge on any atom is -0.431 e. The maximum atomic E-state index is 13.9. The summed E-state index contributed by atoms with van der Waals surface area (Å²) in [6.45, 7) is -1.18. The van der Waals surface area contributed by atoms with E-state index in [9.17, 15) is 22.0 Å². The van der Waals surface area contributed by atoms with Crippen molar-refractivity contribution in [2.75, 3.05) is 54.8 Å². The Morgan fingerprint density at radius 3 is 2.53 bits per heavy atom. The SMILES string of the molecule is Nc1ncc(-c2cc(N3CC(N4CC[C@@H](F)C4)C3)nc(N3CCC(F)(F)C3)n2)cc1OC(F)F. The van der Waals surface area contributed by atoms with Gasteiger partial charge in [0.25, 0.3) is 5.92 Å². The lowest BCUT2D eigenvalue weighted by Gasteiger charge is -2.44. The van der Waals surface area contributed by atoms with Crippen molar-refractivity contribution in [1.29, 1.82) is 0 Å². The molecular formula is C21H24F5N7O. The highest BCUT2D eigenvalue weighted by Crippen LogP contribution is 2.35. The number of aromatic nitrogens is 3. The normalized spacial score (nSPS) is 23.1. The first kappa shape index (κ1) is 22.8. The number of nitrogen functional groups attached to an aromatic ring is 1. The highest BCUT2D eigenvalue weighted by Gasteiger charge is 2.40. The zero-order valence-corrected chi connectivity index (χ0v) is 18.2. The Morgan fingerprint density at radius 1 is 1.09 bits per heavy atom. The third kappa shape index (κ3) is 4.65. The van der Waals surface area contributed by atoms with Gasteiger partial charge in [0.2, 0.25) is 5.95 Å². The van der Waals surface area contributed by atoms with Gasteiger partial charge in [-0.15, -0.1) is 0 Å². The third-order valence-corrected chi connectivity index (χ3v) is 6.41. The van der Waals surface area contributed by atoms with E-state index in [1.54, 1.807) is 6.07 Å². The first-order valence-electron chi connectivity index (χ1n) is 11.0. The Labute approximate surface area is 192 Å². The molecule has 0 radical (unpaired) electrons. The number of ether oxygens (including phenoxy) is 1. The molecule has 5 rings (SSSR count). The first-order valence-corrected chi connectivity index (χ1v) is 11.0. The summed E-state index contributed by atoms with van der Waals surface area (Å²) in [7, 11) is 0. The summed E-state index contributed by atoms with van der Waals surface area (Å²) in [5.74, 6) is -2.73. The number of hydrogen-bond acceptors (Lipinski definition) is 8. The van der Waals surface area contributed by atoms with E-state index in [1.807, 2.05) is 4.90 Å². The molecule has 3 aliphatic heterocycles. The molecule has 8 nitrogen and oxygen atoms in total. The molecule has 1 atom stereocenters. The Balaban J connectivity index is 1.44. The van der Waals surface area contributed by atoms with Crippen LogP contribution in [0, 0.1) is 0 Å². The molecule has 13 heteroatoms. The van der Waals surface area contributed by atoms with Crippen LogP contribution in [0.25, 0.3) is 11.3 Å². The van der Waals surface area contributed by atoms with Crippen molar-refractivity contribution in [3.63, 3.8) is 0 Å². The van der Waals surface area contributed by atoms with Gasteiger partial charge in [0.15, 0.2) is 11.6 Å². The fraction of sp³-hybridized carbons (Fsp3) is 0.571. The van der Waals surface area contributed by atoms with Gasteiger partial charge in [-0.2, -0.15) is 13.8 Å². The van der Waals surface area contributed by atoms with Crippen LogP contribution >= 0.6 is 0 Å². The van der Waals surface area contributed by atoms with Crippen molar-refractivity contribution in [3.05, 3.63) is 18.3 Å². The summed E-state index contributed by atoms with van der Waals surface area (Å²) >= 11 is 0. The molecule has 3 aliphatic rings. The average molecular weight is 485 g/mol. The van der Waals surface area contributed by atoms with Crippen molar-refractivity contribution in [3.8, 4) is 17.0 Å². The Hall–Kier alpha value is -2.96.